The standard InChI is InChI=1S/C3H10OSi.C3H9OSi/c2*1-5(2,3)4/h4H,1-3H3;1-3H3/q;-1. The van der Waals surface area contributed by atoms with Crippen molar-refractivity contribution in [2.24, 2.45) is 0 Å². The zero-order valence-electron chi connectivity index (χ0n) is 7.86. The smallest absolute Gasteiger partial charge is 0.179 e. The predicted octanol–water partition coefficient (Wildman–Crippen LogP) is 0.995. The van der Waals surface area contributed by atoms with Crippen molar-refractivity contribution in [2.75, 3.05) is 0 Å². The predicted molar refractivity (Wildman–Crippen MR) is 48.9 cm³/mol. The van der Waals surface area contributed by atoms with Gasteiger partial charge in [0.2, 0.25) is 0 Å². The third-order valence-corrected chi connectivity index (χ3v) is 0. The van der Waals surface area contributed by atoms with Gasteiger partial charge in [0.1, 0.15) is 0 Å². The van der Waals surface area contributed by atoms with Gasteiger partial charge in [0.05, 0.1) is 0 Å². The quantitative estimate of drug-likeness (QED) is 0.564. The van der Waals surface area contributed by atoms with Crippen molar-refractivity contribution in [3.05, 3.63) is 0 Å². The first-order chi connectivity index (χ1) is 4.00. The van der Waals surface area contributed by atoms with Crippen LogP contribution in [0.4, 0.5) is 0 Å². The fourth-order valence-corrected chi connectivity index (χ4v) is 0. The molecule has 0 bridgehead atoms. The molecule has 0 aromatic carbocycles. The van der Waals surface area contributed by atoms with Crippen LogP contribution in [0.15, 0.2) is 0 Å². The molecule has 0 radical (unpaired) electrons. The normalized spacial score (nSPS) is 12.0. The SMILES string of the molecule is C[Si](C)(C)O.C[Si](C)(C)[O-]. The van der Waals surface area contributed by atoms with Crippen LogP contribution >= 0.6 is 0 Å². The number of hydrogen-bond acceptors (Lipinski definition) is 2. The monoisotopic (exact) mass is 179 g/mol. The zero-order chi connectivity index (χ0) is 9.00. The van der Waals surface area contributed by atoms with Crippen LogP contribution in [0.25, 0.3) is 0 Å². The van der Waals surface area contributed by atoms with E-state index in [1.807, 2.05) is 19.6 Å². The molecule has 0 spiro atoms. The van der Waals surface area contributed by atoms with Gasteiger partial charge in [-0.15, -0.1) is 0 Å². The van der Waals surface area contributed by atoms with Crippen LogP contribution in [-0.4, -0.2) is 21.4 Å². The van der Waals surface area contributed by atoms with Gasteiger partial charge in [0.15, 0.2) is 8.32 Å². The van der Waals surface area contributed by atoms with Gasteiger partial charge in [-0.05, 0) is 19.6 Å². The molecule has 64 valence electrons. The summed E-state index contributed by atoms with van der Waals surface area (Å²) < 4.78 is 0. The summed E-state index contributed by atoms with van der Waals surface area (Å²) in [7, 11) is -3.47. The molecular formula is C6H19O2Si2-. The van der Waals surface area contributed by atoms with E-state index in [0.29, 0.717) is 0 Å². The maximum atomic E-state index is 10.2. The first kappa shape index (κ1) is 13.0. The largest absolute Gasteiger partial charge is 0.859 e. The van der Waals surface area contributed by atoms with E-state index < -0.39 is 16.6 Å². The van der Waals surface area contributed by atoms with E-state index in [-0.39, 0.29) is 0 Å². The van der Waals surface area contributed by atoms with Gasteiger partial charge in [-0.2, -0.15) is 0 Å². The van der Waals surface area contributed by atoms with E-state index in [1.165, 1.54) is 0 Å². The minimum Gasteiger partial charge on any atom is -0.859 e. The van der Waals surface area contributed by atoms with E-state index >= 15 is 0 Å². The lowest BCUT2D eigenvalue weighted by Gasteiger charge is -2.21. The first-order valence-electron chi connectivity index (χ1n) is 3.43. The van der Waals surface area contributed by atoms with E-state index in [1.54, 1.807) is 19.6 Å². The Morgan fingerprint density at radius 1 is 0.900 bits per heavy atom. The van der Waals surface area contributed by atoms with E-state index in [9.17, 15) is 4.80 Å². The van der Waals surface area contributed by atoms with Gasteiger partial charge in [0, 0.05) is 0 Å². The van der Waals surface area contributed by atoms with Crippen molar-refractivity contribution in [2.45, 2.75) is 39.3 Å². The van der Waals surface area contributed by atoms with Crippen molar-refractivity contribution in [1.29, 1.82) is 0 Å². The van der Waals surface area contributed by atoms with Crippen LogP contribution in [0.2, 0.25) is 39.3 Å². The lowest BCUT2D eigenvalue weighted by Crippen LogP contribution is -2.38. The minimum atomic E-state index is -1.86. The molecule has 10 heavy (non-hydrogen) atoms. The molecule has 0 heterocycles. The summed E-state index contributed by atoms with van der Waals surface area (Å²) in [6.07, 6.45) is 0. The van der Waals surface area contributed by atoms with Crippen LogP contribution in [0.3, 0.4) is 0 Å². The summed E-state index contributed by atoms with van der Waals surface area (Å²) in [5.41, 5.74) is 0. The summed E-state index contributed by atoms with van der Waals surface area (Å²) in [4.78, 5) is 18.9. The fourth-order valence-electron chi connectivity index (χ4n) is 0. The van der Waals surface area contributed by atoms with Gasteiger partial charge in [0.25, 0.3) is 0 Å². The van der Waals surface area contributed by atoms with Crippen LogP contribution in [0, 0.1) is 0 Å². The van der Waals surface area contributed by atoms with Crippen molar-refractivity contribution in [3.8, 4) is 0 Å². The molecule has 0 aliphatic heterocycles. The Bertz CT molecular complexity index is 56.7. The highest BCUT2D eigenvalue weighted by atomic mass is 28.4. The number of hydrogen-bond donors (Lipinski definition) is 1. The second-order valence-electron chi connectivity index (χ2n) is 4.28. The zero-order valence-corrected chi connectivity index (χ0v) is 9.86. The van der Waals surface area contributed by atoms with Crippen LogP contribution in [0.1, 0.15) is 0 Å². The highest BCUT2D eigenvalue weighted by molar-refractivity contribution is 6.68. The highest BCUT2D eigenvalue weighted by Gasteiger charge is 2.03. The average Bonchev–Trinajstić information content (AvgIpc) is 1.12. The van der Waals surface area contributed by atoms with Crippen molar-refractivity contribution in [3.63, 3.8) is 0 Å². The first-order valence-corrected chi connectivity index (χ1v) is 10.3. The van der Waals surface area contributed by atoms with Crippen molar-refractivity contribution < 1.29 is 9.59 Å². The molecule has 0 aliphatic rings. The Hall–Kier alpha value is 0.354. The second-order valence-corrected chi connectivity index (χ2v) is 12.8. The van der Waals surface area contributed by atoms with Crippen LogP contribution in [-0.2, 0) is 0 Å². The van der Waals surface area contributed by atoms with Gasteiger partial charge < -0.3 is 9.59 Å². The lowest BCUT2D eigenvalue weighted by atomic mass is 11.8. The molecule has 1 N–H and O–H groups in total. The molecule has 0 atom stereocenters. The van der Waals surface area contributed by atoms with Gasteiger partial charge in [-0.1, -0.05) is 28.0 Å². The van der Waals surface area contributed by atoms with Gasteiger partial charge >= 0.3 is 0 Å². The Balaban J connectivity index is 0. The molecule has 0 rings (SSSR count). The Kier molecular flexibility index (Phi) is 5.55. The van der Waals surface area contributed by atoms with Crippen molar-refractivity contribution >= 4 is 16.6 Å². The van der Waals surface area contributed by atoms with E-state index in [0.717, 1.165) is 0 Å². The summed E-state index contributed by atoms with van der Waals surface area (Å²) in [5, 5.41) is 0. The molecule has 0 aromatic heterocycles. The molecule has 0 amide bonds. The summed E-state index contributed by atoms with van der Waals surface area (Å²) >= 11 is 0. The molecule has 0 unspecified atom stereocenters. The lowest BCUT2D eigenvalue weighted by molar-refractivity contribution is -0.203. The summed E-state index contributed by atoms with van der Waals surface area (Å²) in [6, 6.07) is 0. The minimum absolute atomic E-state index is 1.61. The molecule has 0 saturated heterocycles. The topological polar surface area (TPSA) is 43.3 Å². The second kappa shape index (κ2) is 4.28. The third-order valence-electron chi connectivity index (χ3n) is 0. The number of rotatable bonds is 0. The maximum Gasteiger partial charge on any atom is 0.179 e. The van der Waals surface area contributed by atoms with Crippen molar-refractivity contribution in [1.82, 2.24) is 0 Å². The Morgan fingerprint density at radius 3 is 0.900 bits per heavy atom. The van der Waals surface area contributed by atoms with Gasteiger partial charge in [-0.3, -0.25) is 0 Å². The molecule has 4 heteroatoms. The fraction of sp³-hybridized carbons (Fsp3) is 1.00. The summed E-state index contributed by atoms with van der Waals surface area (Å²) in [5.74, 6) is 0. The van der Waals surface area contributed by atoms with Gasteiger partial charge in [-0.25, -0.2) is 0 Å². The molecule has 0 saturated carbocycles. The highest BCUT2D eigenvalue weighted by Crippen LogP contribution is 1.88. The van der Waals surface area contributed by atoms with Crippen LogP contribution in [0.5, 0.6) is 0 Å². The molecular weight excluding hydrogens is 160 g/mol. The van der Waals surface area contributed by atoms with Crippen LogP contribution < -0.4 is 4.80 Å². The average molecular weight is 179 g/mol. The Morgan fingerprint density at radius 2 is 0.900 bits per heavy atom. The van der Waals surface area contributed by atoms with E-state index in [2.05, 4.69) is 0 Å². The summed E-state index contributed by atoms with van der Waals surface area (Å²) in [6.45, 7) is 11.0. The van der Waals surface area contributed by atoms with E-state index in [4.69, 9.17) is 4.80 Å². The molecule has 0 aromatic rings. The molecule has 0 fully saturated rings. The third kappa shape index (κ3) is 3610. The molecule has 2 nitrogen and oxygen atoms in total. The Labute approximate surface area is 66.2 Å². The maximum absolute atomic E-state index is 10.2. The molecule has 0 aliphatic carbocycles.